The lowest BCUT2D eigenvalue weighted by molar-refractivity contribution is -0.135. The minimum absolute atomic E-state index is 0.116. The standard InChI is InChI=1S/C46H50N8O7/c1-25(2)38(51-45(57)59-3)43(55)53-18-8-12-35(53)41-47-23-34(49-41)28-14-16-30-29(20-28)24-61-37-22-31-27(21-32(30)37)15-17-33-40(31)50-42(48-33)36-13-9-19-54(36)44(56)39(52-46(58)60-4)26-10-6-5-7-11-26/h5-7,10-11,14,16,20-23,25,35-36,38-39H,8-9,12-13,15,17-19,24H2,1-4H3,(H,47,49)(H,48,50)(H,51,57)(H,52,58). The lowest BCUT2D eigenvalue weighted by Crippen LogP contribution is -2.51. The second-order valence-corrected chi connectivity index (χ2v) is 16.5. The van der Waals surface area contributed by atoms with Crippen molar-refractivity contribution in [2.24, 2.45) is 5.92 Å². The van der Waals surface area contributed by atoms with Crippen LogP contribution in [0.4, 0.5) is 9.59 Å². The van der Waals surface area contributed by atoms with Crippen molar-refractivity contribution < 1.29 is 33.4 Å². The van der Waals surface area contributed by atoms with Gasteiger partial charge in [-0.3, -0.25) is 9.59 Å². The van der Waals surface area contributed by atoms with Crippen LogP contribution in [0.15, 0.2) is 66.9 Å². The highest BCUT2D eigenvalue weighted by Crippen LogP contribution is 2.46. The Balaban J connectivity index is 0.937. The Bertz CT molecular complexity index is 2500. The van der Waals surface area contributed by atoms with Crippen LogP contribution in [-0.2, 0) is 38.5 Å². The number of hydrogen-bond acceptors (Lipinski definition) is 9. The maximum atomic E-state index is 14.1. The average Bonchev–Trinajstić information content (AvgIpc) is 4.13. The molecule has 5 heterocycles. The molecule has 0 radical (unpaired) electrons. The zero-order valence-electron chi connectivity index (χ0n) is 34.7. The summed E-state index contributed by atoms with van der Waals surface area (Å²) >= 11 is 0. The third kappa shape index (κ3) is 7.46. The number of aromatic nitrogens is 4. The van der Waals surface area contributed by atoms with E-state index in [9.17, 15) is 19.2 Å². The Labute approximate surface area is 353 Å². The number of alkyl carbamates (subject to hydrolysis) is 2. The molecule has 2 fully saturated rings. The number of nitrogens with one attached hydrogen (secondary N) is 4. The van der Waals surface area contributed by atoms with E-state index in [1.54, 1.807) is 0 Å². The number of fused-ring (bicyclic) bond motifs is 6. The van der Waals surface area contributed by atoms with E-state index in [2.05, 4.69) is 50.9 Å². The van der Waals surface area contributed by atoms with Gasteiger partial charge in [0.2, 0.25) is 5.91 Å². The van der Waals surface area contributed by atoms with Gasteiger partial charge in [0, 0.05) is 29.9 Å². The van der Waals surface area contributed by atoms with Crippen molar-refractivity contribution in [3.8, 4) is 39.4 Å². The van der Waals surface area contributed by atoms with Crippen molar-refractivity contribution in [1.29, 1.82) is 0 Å². The Hall–Kier alpha value is -6.64. The van der Waals surface area contributed by atoms with Crippen LogP contribution >= 0.6 is 0 Å². The highest BCUT2D eigenvalue weighted by molar-refractivity contribution is 5.88. The molecule has 15 heteroatoms. The molecule has 5 aromatic rings. The first-order chi connectivity index (χ1) is 29.6. The first-order valence-corrected chi connectivity index (χ1v) is 21.0. The number of aryl methyl sites for hydroxylation is 2. The van der Waals surface area contributed by atoms with Crippen LogP contribution in [0.1, 0.15) is 91.7 Å². The summed E-state index contributed by atoms with van der Waals surface area (Å²) in [5.74, 6) is 1.79. The molecular weight excluding hydrogens is 777 g/mol. The number of likely N-dealkylation sites (tertiary alicyclic amines) is 2. The zero-order valence-corrected chi connectivity index (χ0v) is 34.7. The molecule has 0 spiro atoms. The largest absolute Gasteiger partial charge is 0.488 e. The third-order valence-corrected chi connectivity index (χ3v) is 12.5. The zero-order chi connectivity index (χ0) is 42.4. The second-order valence-electron chi connectivity index (χ2n) is 16.5. The minimum Gasteiger partial charge on any atom is -0.488 e. The van der Waals surface area contributed by atoms with Crippen molar-refractivity contribution in [2.75, 3.05) is 27.3 Å². The number of hydrogen-bond donors (Lipinski definition) is 4. The molecular formula is C46H50N8O7. The molecule has 3 aromatic carbocycles. The third-order valence-electron chi connectivity index (χ3n) is 12.5. The molecule has 4 N–H and O–H groups in total. The van der Waals surface area contributed by atoms with Gasteiger partial charge < -0.3 is 44.6 Å². The van der Waals surface area contributed by atoms with E-state index in [0.29, 0.717) is 31.1 Å². The molecule has 4 aliphatic rings. The number of aromatic amines is 2. The van der Waals surface area contributed by atoms with Crippen LogP contribution < -0.4 is 15.4 Å². The van der Waals surface area contributed by atoms with Gasteiger partial charge in [-0.25, -0.2) is 19.6 Å². The van der Waals surface area contributed by atoms with Crippen molar-refractivity contribution in [1.82, 2.24) is 40.4 Å². The Morgan fingerprint density at radius 3 is 2.25 bits per heavy atom. The van der Waals surface area contributed by atoms with Gasteiger partial charge >= 0.3 is 12.2 Å². The molecule has 4 atom stereocenters. The highest BCUT2D eigenvalue weighted by atomic mass is 16.5. The van der Waals surface area contributed by atoms with Crippen LogP contribution in [0.3, 0.4) is 0 Å². The minimum atomic E-state index is -0.888. The van der Waals surface area contributed by atoms with Gasteiger partial charge in [-0.15, -0.1) is 0 Å². The summed E-state index contributed by atoms with van der Waals surface area (Å²) in [6.45, 7) is 5.34. The van der Waals surface area contributed by atoms with Gasteiger partial charge in [-0.05, 0) is 90.5 Å². The predicted octanol–water partition coefficient (Wildman–Crippen LogP) is 6.93. The van der Waals surface area contributed by atoms with E-state index in [4.69, 9.17) is 24.2 Å². The molecule has 0 bridgehead atoms. The number of carbonyl (C=O) groups is 4. The van der Waals surface area contributed by atoms with E-state index in [1.807, 2.05) is 60.2 Å². The number of nitrogens with zero attached hydrogens (tertiary/aromatic N) is 4. The summed E-state index contributed by atoms with van der Waals surface area (Å²) in [7, 11) is 2.58. The molecule has 61 heavy (non-hydrogen) atoms. The Kier molecular flexibility index (Phi) is 10.7. The quantitative estimate of drug-likeness (QED) is 0.122. The molecule has 3 aliphatic heterocycles. The Morgan fingerprint density at radius 2 is 1.51 bits per heavy atom. The number of rotatable bonds is 9. The van der Waals surface area contributed by atoms with Crippen LogP contribution in [0.5, 0.6) is 5.75 Å². The summed E-state index contributed by atoms with van der Waals surface area (Å²) in [5, 5.41) is 5.45. The lowest BCUT2D eigenvalue weighted by Gasteiger charge is -2.30. The number of H-pyrrole nitrogens is 2. The molecule has 15 nitrogen and oxygen atoms in total. The van der Waals surface area contributed by atoms with Gasteiger partial charge in [0.25, 0.3) is 5.91 Å². The molecule has 316 valence electrons. The van der Waals surface area contributed by atoms with Crippen LogP contribution in [0, 0.1) is 5.92 Å². The summed E-state index contributed by atoms with van der Waals surface area (Å²) in [6.07, 6.45) is 5.31. The predicted molar refractivity (Wildman–Crippen MR) is 225 cm³/mol. The molecule has 0 saturated carbocycles. The SMILES string of the molecule is COC(=O)NC(C(=O)N1CCCC1c1nc2c([nH]1)CCc1cc3c(cc1-2)OCc1cc(-c2cnc(C4CCCN4C(=O)C(NC(=O)OC)C(C)C)[nH]2)ccc1-3)c1ccccc1. The smallest absolute Gasteiger partial charge is 0.407 e. The lowest BCUT2D eigenvalue weighted by atomic mass is 9.86. The molecule has 9 rings (SSSR count). The van der Waals surface area contributed by atoms with E-state index >= 15 is 0 Å². The fourth-order valence-electron chi connectivity index (χ4n) is 9.37. The van der Waals surface area contributed by atoms with Crippen molar-refractivity contribution in [3.63, 3.8) is 0 Å². The molecule has 4 unspecified atom stereocenters. The van der Waals surface area contributed by atoms with Crippen LogP contribution in [0.25, 0.3) is 33.6 Å². The molecule has 1 aliphatic carbocycles. The summed E-state index contributed by atoms with van der Waals surface area (Å²) < 4.78 is 16.1. The first-order valence-electron chi connectivity index (χ1n) is 21.0. The van der Waals surface area contributed by atoms with Gasteiger partial charge in [0.15, 0.2) is 0 Å². The number of amides is 4. The van der Waals surface area contributed by atoms with Crippen molar-refractivity contribution in [2.45, 2.75) is 83.1 Å². The maximum absolute atomic E-state index is 14.1. The van der Waals surface area contributed by atoms with Gasteiger partial charge in [-0.2, -0.15) is 0 Å². The summed E-state index contributed by atoms with van der Waals surface area (Å²) in [6, 6.07) is 17.8. The van der Waals surface area contributed by atoms with Gasteiger partial charge in [-0.1, -0.05) is 56.3 Å². The first kappa shape index (κ1) is 39.8. The van der Waals surface area contributed by atoms with Crippen LogP contribution in [0.2, 0.25) is 0 Å². The Morgan fingerprint density at radius 1 is 0.787 bits per heavy atom. The normalized spacial score (nSPS) is 18.6. The summed E-state index contributed by atoms with van der Waals surface area (Å²) in [4.78, 5) is 72.8. The molecule has 2 aromatic heterocycles. The number of imidazole rings is 2. The second kappa shape index (κ2) is 16.4. The van der Waals surface area contributed by atoms with Gasteiger partial charge in [0.05, 0.1) is 43.9 Å². The average molecular weight is 827 g/mol. The van der Waals surface area contributed by atoms with E-state index in [0.717, 1.165) is 95.0 Å². The number of benzene rings is 3. The number of ether oxygens (including phenoxy) is 3. The number of carbonyl (C=O) groups excluding carboxylic acids is 4. The fourth-order valence-corrected chi connectivity index (χ4v) is 9.37. The van der Waals surface area contributed by atoms with Crippen LogP contribution in [-0.4, -0.2) is 87.1 Å². The topological polar surface area (TPSA) is 184 Å². The van der Waals surface area contributed by atoms with E-state index in [-0.39, 0.29) is 29.8 Å². The van der Waals surface area contributed by atoms with Crippen molar-refractivity contribution >= 4 is 24.0 Å². The molecule has 2 saturated heterocycles. The fraction of sp³-hybridized carbons (Fsp3) is 0.391. The summed E-state index contributed by atoms with van der Waals surface area (Å²) in [5.41, 5.74) is 9.84. The molecule has 4 amide bonds. The van der Waals surface area contributed by atoms with E-state index < -0.39 is 24.3 Å². The highest BCUT2D eigenvalue weighted by Gasteiger charge is 2.39. The van der Waals surface area contributed by atoms with Crippen molar-refractivity contribution in [3.05, 3.63) is 101 Å². The monoisotopic (exact) mass is 826 g/mol. The number of methoxy groups -OCH3 is 2. The maximum Gasteiger partial charge on any atom is 0.407 e. The van der Waals surface area contributed by atoms with E-state index in [1.165, 1.54) is 19.8 Å². The van der Waals surface area contributed by atoms with Gasteiger partial charge in [0.1, 0.15) is 36.1 Å².